The summed E-state index contributed by atoms with van der Waals surface area (Å²) in [5.41, 5.74) is 6.33. The van der Waals surface area contributed by atoms with E-state index in [-0.39, 0.29) is 5.91 Å². The van der Waals surface area contributed by atoms with Crippen molar-refractivity contribution in [2.24, 2.45) is 5.73 Å². The summed E-state index contributed by atoms with van der Waals surface area (Å²) in [7, 11) is 0. The van der Waals surface area contributed by atoms with Gasteiger partial charge in [-0.15, -0.1) is 0 Å². The molecule has 0 aliphatic carbocycles. The van der Waals surface area contributed by atoms with Crippen LogP contribution in [0.15, 0.2) is 24.5 Å². The van der Waals surface area contributed by atoms with Crippen molar-refractivity contribution in [2.45, 2.75) is 6.54 Å². The molecule has 0 unspecified atom stereocenters. The number of carbonyl (C=O) groups is 1. The first-order valence-electron chi connectivity index (χ1n) is 4.76. The maximum atomic E-state index is 11.3. The molecule has 1 aromatic heterocycles. The van der Waals surface area contributed by atoms with Crippen LogP contribution in [0.25, 0.3) is 0 Å². The lowest BCUT2D eigenvalue weighted by Gasteiger charge is -2.04. The minimum absolute atomic E-state index is 0.0392. The second-order valence-electron chi connectivity index (χ2n) is 2.98. The number of carbonyl (C=O) groups excluding carboxylic acids is 1. The molecule has 1 heterocycles. The van der Waals surface area contributed by atoms with Crippen LogP contribution in [0.4, 0.5) is 0 Å². The molecule has 0 fully saturated rings. The first-order chi connectivity index (χ1) is 7.33. The molecule has 3 N–H and O–H groups in total. The normalized spacial score (nSPS) is 9.93. The van der Waals surface area contributed by atoms with Gasteiger partial charge in [-0.3, -0.25) is 9.78 Å². The van der Waals surface area contributed by atoms with E-state index < -0.39 is 0 Å². The number of aromatic nitrogens is 1. The molecule has 15 heavy (non-hydrogen) atoms. The third-order valence-corrected chi connectivity index (χ3v) is 2.70. The number of nitrogens with zero attached hydrogens (tertiary/aromatic N) is 1. The van der Waals surface area contributed by atoms with Crippen molar-refractivity contribution in [1.29, 1.82) is 0 Å². The van der Waals surface area contributed by atoms with Crippen molar-refractivity contribution in [3.63, 3.8) is 0 Å². The fraction of sp³-hybridized carbons (Fsp3) is 0.400. The zero-order valence-corrected chi connectivity index (χ0v) is 9.30. The predicted molar refractivity (Wildman–Crippen MR) is 62.5 cm³/mol. The highest BCUT2D eigenvalue weighted by atomic mass is 32.2. The summed E-state index contributed by atoms with van der Waals surface area (Å²) in [6.45, 7) is 1.15. The van der Waals surface area contributed by atoms with E-state index >= 15 is 0 Å². The zero-order valence-electron chi connectivity index (χ0n) is 8.48. The standard InChI is InChI=1S/C10H15N3OS/c11-3-5-15-8-10(14)13-7-9-2-1-4-12-6-9/h1-2,4,6H,3,5,7-8,11H2,(H,13,14). The maximum absolute atomic E-state index is 11.3. The predicted octanol–water partition coefficient (Wildman–Crippen LogP) is 0.390. The molecule has 0 saturated carbocycles. The Bertz CT molecular complexity index is 292. The molecule has 0 aliphatic heterocycles. The molecule has 0 aromatic carbocycles. The van der Waals surface area contributed by atoms with Crippen LogP contribution in [0, 0.1) is 0 Å². The minimum atomic E-state index is 0.0392. The molecule has 0 saturated heterocycles. The third-order valence-electron chi connectivity index (χ3n) is 1.71. The van der Waals surface area contributed by atoms with Gasteiger partial charge in [0.05, 0.1) is 5.75 Å². The maximum Gasteiger partial charge on any atom is 0.230 e. The molecule has 4 nitrogen and oxygen atoms in total. The summed E-state index contributed by atoms with van der Waals surface area (Å²) in [6.07, 6.45) is 3.45. The van der Waals surface area contributed by atoms with E-state index in [1.165, 1.54) is 0 Å². The van der Waals surface area contributed by atoms with E-state index in [1.807, 2.05) is 12.1 Å². The molecule has 5 heteroatoms. The van der Waals surface area contributed by atoms with Gasteiger partial charge in [0.2, 0.25) is 5.91 Å². The van der Waals surface area contributed by atoms with Gasteiger partial charge in [0.25, 0.3) is 0 Å². The van der Waals surface area contributed by atoms with Gasteiger partial charge < -0.3 is 11.1 Å². The Kier molecular flexibility index (Phi) is 5.80. The lowest BCUT2D eigenvalue weighted by atomic mass is 10.3. The van der Waals surface area contributed by atoms with Crippen molar-refractivity contribution < 1.29 is 4.79 Å². The number of hydrogen-bond acceptors (Lipinski definition) is 4. The van der Waals surface area contributed by atoms with Crippen molar-refractivity contribution >= 4 is 17.7 Å². The highest BCUT2D eigenvalue weighted by Crippen LogP contribution is 1.98. The van der Waals surface area contributed by atoms with Crippen molar-refractivity contribution in [1.82, 2.24) is 10.3 Å². The average molecular weight is 225 g/mol. The lowest BCUT2D eigenvalue weighted by molar-refractivity contribution is -0.118. The number of amides is 1. The second kappa shape index (κ2) is 7.25. The highest BCUT2D eigenvalue weighted by Gasteiger charge is 2.00. The summed E-state index contributed by atoms with van der Waals surface area (Å²) in [5, 5.41) is 2.82. The van der Waals surface area contributed by atoms with Crippen molar-refractivity contribution in [2.75, 3.05) is 18.1 Å². The first-order valence-corrected chi connectivity index (χ1v) is 5.92. The number of rotatable bonds is 6. The molecule has 1 aromatic rings. The molecule has 1 rings (SSSR count). The Balaban J connectivity index is 2.17. The zero-order chi connectivity index (χ0) is 10.9. The molecule has 1 amide bonds. The van der Waals surface area contributed by atoms with Crippen LogP contribution in [0.2, 0.25) is 0 Å². The summed E-state index contributed by atoms with van der Waals surface area (Å²) >= 11 is 1.54. The number of thioether (sulfide) groups is 1. The van der Waals surface area contributed by atoms with Gasteiger partial charge in [-0.05, 0) is 11.6 Å². The molecule has 0 spiro atoms. The number of nitrogens with two attached hydrogens (primary N) is 1. The largest absolute Gasteiger partial charge is 0.351 e. The Labute approximate surface area is 93.7 Å². The summed E-state index contributed by atoms with van der Waals surface area (Å²) in [5.74, 6) is 1.33. The van der Waals surface area contributed by atoms with Gasteiger partial charge in [-0.1, -0.05) is 6.07 Å². The SMILES string of the molecule is NCCSCC(=O)NCc1cccnc1. The van der Waals surface area contributed by atoms with Crippen LogP contribution in [-0.4, -0.2) is 28.9 Å². The van der Waals surface area contributed by atoms with Crippen LogP contribution in [-0.2, 0) is 11.3 Å². The van der Waals surface area contributed by atoms with E-state index in [9.17, 15) is 4.79 Å². The molecule has 0 bridgehead atoms. The number of nitrogens with one attached hydrogen (secondary N) is 1. The smallest absolute Gasteiger partial charge is 0.230 e. The Morgan fingerprint density at radius 1 is 1.60 bits per heavy atom. The monoisotopic (exact) mass is 225 g/mol. The van der Waals surface area contributed by atoms with Crippen molar-refractivity contribution in [3.05, 3.63) is 30.1 Å². The Hall–Kier alpha value is -1.07. The topological polar surface area (TPSA) is 68.0 Å². The molecule has 0 atom stereocenters. The highest BCUT2D eigenvalue weighted by molar-refractivity contribution is 7.99. The number of pyridine rings is 1. The minimum Gasteiger partial charge on any atom is -0.351 e. The quantitative estimate of drug-likeness (QED) is 0.687. The van der Waals surface area contributed by atoms with Gasteiger partial charge in [0.15, 0.2) is 0 Å². The van der Waals surface area contributed by atoms with Crippen LogP contribution >= 0.6 is 11.8 Å². The van der Waals surface area contributed by atoms with Gasteiger partial charge in [-0.25, -0.2) is 0 Å². The fourth-order valence-corrected chi connectivity index (χ4v) is 1.60. The van der Waals surface area contributed by atoms with Crippen LogP contribution in [0.1, 0.15) is 5.56 Å². The third kappa shape index (κ3) is 5.39. The Morgan fingerprint density at radius 2 is 2.47 bits per heavy atom. The fourth-order valence-electron chi connectivity index (χ4n) is 1.00. The molecular weight excluding hydrogens is 210 g/mol. The lowest BCUT2D eigenvalue weighted by Crippen LogP contribution is -2.25. The van der Waals surface area contributed by atoms with Gasteiger partial charge >= 0.3 is 0 Å². The van der Waals surface area contributed by atoms with E-state index in [0.29, 0.717) is 18.8 Å². The van der Waals surface area contributed by atoms with Crippen LogP contribution in [0.3, 0.4) is 0 Å². The van der Waals surface area contributed by atoms with Crippen molar-refractivity contribution in [3.8, 4) is 0 Å². The Morgan fingerprint density at radius 3 is 3.13 bits per heavy atom. The molecule has 82 valence electrons. The molecular formula is C10H15N3OS. The summed E-state index contributed by atoms with van der Waals surface area (Å²) in [4.78, 5) is 15.3. The van der Waals surface area contributed by atoms with Gasteiger partial charge in [0.1, 0.15) is 0 Å². The van der Waals surface area contributed by atoms with E-state index in [4.69, 9.17) is 5.73 Å². The van der Waals surface area contributed by atoms with Gasteiger partial charge in [-0.2, -0.15) is 11.8 Å². The van der Waals surface area contributed by atoms with Crippen LogP contribution in [0.5, 0.6) is 0 Å². The summed E-state index contributed by atoms with van der Waals surface area (Å²) in [6, 6.07) is 3.78. The second-order valence-corrected chi connectivity index (χ2v) is 4.08. The van der Waals surface area contributed by atoms with E-state index in [0.717, 1.165) is 11.3 Å². The molecule has 0 radical (unpaired) electrons. The number of hydrogen-bond donors (Lipinski definition) is 2. The molecule has 0 aliphatic rings. The van der Waals surface area contributed by atoms with Crippen LogP contribution < -0.4 is 11.1 Å². The summed E-state index contributed by atoms with van der Waals surface area (Å²) < 4.78 is 0. The van der Waals surface area contributed by atoms with E-state index in [1.54, 1.807) is 24.2 Å². The first kappa shape index (κ1) is 12.0. The average Bonchev–Trinajstić information content (AvgIpc) is 2.28. The van der Waals surface area contributed by atoms with E-state index in [2.05, 4.69) is 10.3 Å². The van der Waals surface area contributed by atoms with Gasteiger partial charge in [0, 0.05) is 31.2 Å².